The van der Waals surface area contributed by atoms with Crippen molar-refractivity contribution in [1.82, 2.24) is 10.1 Å². The molecule has 0 unspecified atom stereocenters. The van der Waals surface area contributed by atoms with Crippen molar-refractivity contribution >= 4 is 17.3 Å². The molecule has 1 N–H and O–H groups in total. The molecule has 0 spiro atoms. The number of esters is 1. The summed E-state index contributed by atoms with van der Waals surface area (Å²) in [5.74, 6) is 1.14. The normalized spacial score (nSPS) is 13.4. The van der Waals surface area contributed by atoms with E-state index in [1.54, 1.807) is 13.3 Å². The van der Waals surface area contributed by atoms with E-state index >= 15 is 0 Å². The average molecular weight is 546 g/mol. The Morgan fingerprint density at radius 1 is 0.902 bits per heavy atom. The lowest BCUT2D eigenvalue weighted by Crippen LogP contribution is -2.23. The molecule has 0 bridgehead atoms. The largest absolute Gasteiger partial charge is 0.481 e. The Kier molecular flexibility index (Phi) is 7.01. The minimum absolute atomic E-state index is 0.117. The van der Waals surface area contributed by atoms with E-state index < -0.39 is 5.41 Å². The molecule has 7 heteroatoms. The summed E-state index contributed by atoms with van der Waals surface area (Å²) >= 11 is 0. The number of nitrogens with zero attached hydrogens (tertiary/aromatic N) is 2. The standard InChI is InChI=1S/C34H31N3O4/c1-4-40-33(38)34(18-19-34)28-15-12-24(13-16-28)23-8-10-25(11-9-23)32-31(22(2)37-41-32)36-29-7-5-6-26(20-29)27-14-17-30(39-3)35-21-27/h5-17,20-21,36H,4,18-19H2,1-3H3. The second-order valence-electron chi connectivity index (χ2n) is 10.2. The van der Waals surface area contributed by atoms with Crippen LogP contribution < -0.4 is 10.1 Å². The van der Waals surface area contributed by atoms with Gasteiger partial charge in [0.05, 0.1) is 19.1 Å². The van der Waals surface area contributed by atoms with Crippen LogP contribution in [0.5, 0.6) is 5.88 Å². The summed E-state index contributed by atoms with van der Waals surface area (Å²) < 4.78 is 16.3. The van der Waals surface area contributed by atoms with Crippen molar-refractivity contribution < 1.29 is 18.8 Å². The number of rotatable bonds is 9. The smallest absolute Gasteiger partial charge is 0.316 e. The molecule has 206 valence electrons. The van der Waals surface area contributed by atoms with Crippen LogP contribution >= 0.6 is 0 Å². The van der Waals surface area contributed by atoms with Crippen LogP contribution in [0.4, 0.5) is 11.4 Å². The van der Waals surface area contributed by atoms with Crippen LogP contribution in [0.1, 0.15) is 31.0 Å². The maximum Gasteiger partial charge on any atom is 0.316 e. The molecule has 1 saturated carbocycles. The Labute approximate surface area is 239 Å². The second kappa shape index (κ2) is 10.9. The van der Waals surface area contributed by atoms with Gasteiger partial charge in [0.25, 0.3) is 0 Å². The molecule has 1 fully saturated rings. The highest BCUT2D eigenvalue weighted by atomic mass is 16.5. The summed E-state index contributed by atoms with van der Waals surface area (Å²) in [6.07, 6.45) is 3.49. The zero-order valence-corrected chi connectivity index (χ0v) is 23.3. The maximum atomic E-state index is 12.5. The van der Waals surface area contributed by atoms with Gasteiger partial charge in [0.15, 0.2) is 5.76 Å². The highest BCUT2D eigenvalue weighted by Gasteiger charge is 2.52. The van der Waals surface area contributed by atoms with Gasteiger partial charge in [-0.05, 0) is 67.1 Å². The molecule has 41 heavy (non-hydrogen) atoms. The van der Waals surface area contributed by atoms with E-state index in [2.05, 4.69) is 45.8 Å². The van der Waals surface area contributed by atoms with E-state index in [0.717, 1.165) is 63.3 Å². The lowest BCUT2D eigenvalue weighted by Gasteiger charge is -2.14. The number of nitrogens with one attached hydrogen (secondary N) is 1. The molecule has 3 aromatic carbocycles. The van der Waals surface area contributed by atoms with Gasteiger partial charge < -0.3 is 19.3 Å². The third-order valence-corrected chi connectivity index (χ3v) is 7.61. The molecule has 6 rings (SSSR count). The fraction of sp³-hybridized carbons (Fsp3) is 0.206. The fourth-order valence-corrected chi connectivity index (χ4v) is 5.11. The van der Waals surface area contributed by atoms with Gasteiger partial charge in [0.1, 0.15) is 11.4 Å². The van der Waals surface area contributed by atoms with Crippen molar-refractivity contribution in [3.05, 3.63) is 102 Å². The first-order chi connectivity index (χ1) is 20.0. The minimum Gasteiger partial charge on any atom is -0.481 e. The lowest BCUT2D eigenvalue weighted by atomic mass is 9.93. The predicted molar refractivity (Wildman–Crippen MR) is 159 cm³/mol. The molecular weight excluding hydrogens is 514 g/mol. The van der Waals surface area contributed by atoms with Crippen molar-refractivity contribution in [2.45, 2.75) is 32.1 Å². The summed E-state index contributed by atoms with van der Waals surface area (Å²) in [5.41, 5.74) is 8.17. The Hall–Kier alpha value is -4.91. The zero-order chi connectivity index (χ0) is 28.4. The first-order valence-corrected chi connectivity index (χ1v) is 13.7. The number of pyridine rings is 1. The summed E-state index contributed by atoms with van der Waals surface area (Å²) in [6.45, 7) is 4.17. The van der Waals surface area contributed by atoms with Crippen molar-refractivity contribution in [3.8, 4) is 39.5 Å². The van der Waals surface area contributed by atoms with Crippen LogP contribution in [0, 0.1) is 6.92 Å². The molecule has 1 aliphatic rings. The number of hydrogen-bond acceptors (Lipinski definition) is 7. The molecule has 2 heterocycles. The molecule has 0 radical (unpaired) electrons. The molecule has 5 aromatic rings. The maximum absolute atomic E-state index is 12.5. The Bertz CT molecular complexity index is 1670. The summed E-state index contributed by atoms with van der Waals surface area (Å²) in [7, 11) is 1.61. The van der Waals surface area contributed by atoms with E-state index in [4.69, 9.17) is 14.0 Å². The van der Waals surface area contributed by atoms with E-state index in [1.807, 2.05) is 68.4 Å². The number of carbonyl (C=O) groups excluding carboxylic acids is 1. The van der Waals surface area contributed by atoms with Crippen LogP contribution in [0.25, 0.3) is 33.6 Å². The Balaban J connectivity index is 1.20. The number of hydrogen-bond donors (Lipinski definition) is 1. The van der Waals surface area contributed by atoms with Gasteiger partial charge in [-0.25, -0.2) is 4.98 Å². The SMILES string of the molecule is CCOC(=O)C1(c2ccc(-c3ccc(-c4onc(C)c4Nc4cccc(-c5ccc(OC)nc5)c4)cc3)cc2)CC1. The molecule has 2 aromatic heterocycles. The van der Waals surface area contributed by atoms with Gasteiger partial charge in [0, 0.05) is 29.1 Å². The second-order valence-corrected chi connectivity index (χ2v) is 10.2. The van der Waals surface area contributed by atoms with Crippen LogP contribution in [-0.4, -0.2) is 29.8 Å². The number of ether oxygens (including phenoxy) is 2. The molecule has 1 aliphatic carbocycles. The van der Waals surface area contributed by atoms with Crippen molar-refractivity contribution in [2.24, 2.45) is 0 Å². The first-order valence-electron chi connectivity index (χ1n) is 13.7. The monoisotopic (exact) mass is 545 g/mol. The van der Waals surface area contributed by atoms with Gasteiger partial charge in [-0.1, -0.05) is 65.8 Å². The van der Waals surface area contributed by atoms with E-state index in [1.165, 1.54) is 0 Å². The molecular formula is C34H31N3O4. The number of aryl methyl sites for hydroxylation is 1. The van der Waals surface area contributed by atoms with Crippen molar-refractivity contribution in [3.63, 3.8) is 0 Å². The molecule has 0 atom stereocenters. The van der Waals surface area contributed by atoms with Crippen molar-refractivity contribution in [1.29, 1.82) is 0 Å². The topological polar surface area (TPSA) is 86.5 Å². The van der Waals surface area contributed by atoms with Crippen LogP contribution in [-0.2, 0) is 14.9 Å². The number of aromatic nitrogens is 2. The zero-order valence-electron chi connectivity index (χ0n) is 23.3. The quantitative estimate of drug-likeness (QED) is 0.190. The number of anilines is 2. The molecule has 0 aliphatic heterocycles. The van der Waals surface area contributed by atoms with Gasteiger partial charge >= 0.3 is 5.97 Å². The average Bonchev–Trinajstić information content (AvgIpc) is 3.76. The number of carbonyl (C=O) groups is 1. The summed E-state index contributed by atoms with van der Waals surface area (Å²) in [6, 6.07) is 28.4. The minimum atomic E-state index is -0.461. The van der Waals surface area contributed by atoms with Gasteiger partial charge in [-0.3, -0.25) is 4.79 Å². The van der Waals surface area contributed by atoms with Crippen LogP contribution in [0.3, 0.4) is 0 Å². The summed E-state index contributed by atoms with van der Waals surface area (Å²) in [5, 5.41) is 7.74. The Morgan fingerprint density at radius 2 is 1.59 bits per heavy atom. The van der Waals surface area contributed by atoms with Crippen molar-refractivity contribution in [2.75, 3.05) is 19.0 Å². The van der Waals surface area contributed by atoms with Gasteiger partial charge in [-0.15, -0.1) is 0 Å². The molecule has 0 saturated heterocycles. The number of benzene rings is 3. The molecule has 0 amide bonds. The molecule has 7 nitrogen and oxygen atoms in total. The summed E-state index contributed by atoms with van der Waals surface area (Å²) in [4.78, 5) is 16.8. The van der Waals surface area contributed by atoms with Crippen LogP contribution in [0.2, 0.25) is 0 Å². The lowest BCUT2D eigenvalue weighted by molar-refractivity contribution is -0.146. The third-order valence-electron chi connectivity index (χ3n) is 7.61. The highest BCUT2D eigenvalue weighted by Crippen LogP contribution is 2.49. The Morgan fingerprint density at radius 3 is 2.22 bits per heavy atom. The first kappa shape index (κ1) is 26.3. The fourth-order valence-electron chi connectivity index (χ4n) is 5.11. The third kappa shape index (κ3) is 5.18. The number of methoxy groups -OCH3 is 1. The highest BCUT2D eigenvalue weighted by molar-refractivity contribution is 5.87. The van der Waals surface area contributed by atoms with E-state index in [0.29, 0.717) is 18.2 Å². The van der Waals surface area contributed by atoms with Crippen LogP contribution in [0.15, 0.2) is 95.6 Å². The van der Waals surface area contributed by atoms with Gasteiger partial charge in [0.2, 0.25) is 5.88 Å². The van der Waals surface area contributed by atoms with E-state index in [-0.39, 0.29) is 5.97 Å². The van der Waals surface area contributed by atoms with Gasteiger partial charge in [-0.2, -0.15) is 0 Å². The predicted octanol–water partition coefficient (Wildman–Crippen LogP) is 7.73. The van der Waals surface area contributed by atoms with E-state index in [9.17, 15) is 4.79 Å².